The van der Waals surface area contributed by atoms with Crippen LogP contribution in [0.2, 0.25) is 5.02 Å². The molecule has 0 radical (unpaired) electrons. The maximum Gasteiger partial charge on any atom is 0.134 e. The van der Waals surface area contributed by atoms with Crippen molar-refractivity contribution in [2.45, 2.75) is 13.0 Å². The van der Waals surface area contributed by atoms with Crippen molar-refractivity contribution in [2.75, 3.05) is 0 Å². The fourth-order valence-electron chi connectivity index (χ4n) is 1.26. The highest BCUT2D eigenvalue weighted by Gasteiger charge is 2.12. The van der Waals surface area contributed by atoms with Crippen molar-refractivity contribution in [3.63, 3.8) is 0 Å². The highest BCUT2D eigenvalue weighted by molar-refractivity contribution is 7.13. The Hall–Kier alpha value is -0.970. The molecule has 1 heterocycles. The summed E-state index contributed by atoms with van der Waals surface area (Å²) in [6, 6.07) is 4.45. The molecular formula is C11H9ClFNOS. The lowest BCUT2D eigenvalue weighted by Crippen LogP contribution is -1.91. The number of aromatic nitrogens is 1. The molecule has 0 aliphatic heterocycles. The maximum absolute atomic E-state index is 13.6. The van der Waals surface area contributed by atoms with Gasteiger partial charge < -0.3 is 5.11 Å². The third-order valence-corrected chi connectivity index (χ3v) is 3.24. The van der Waals surface area contributed by atoms with Crippen LogP contribution >= 0.6 is 22.9 Å². The molecule has 84 valence electrons. The first-order chi connectivity index (χ1) is 7.58. The second-order valence-electron chi connectivity index (χ2n) is 3.38. The first kappa shape index (κ1) is 11.5. The summed E-state index contributed by atoms with van der Waals surface area (Å²) < 4.78 is 13.6. The second kappa shape index (κ2) is 4.49. The lowest BCUT2D eigenvalue weighted by atomic mass is 10.2. The molecule has 0 saturated heterocycles. The van der Waals surface area contributed by atoms with Gasteiger partial charge in [0.15, 0.2) is 0 Å². The molecule has 2 rings (SSSR count). The Morgan fingerprint density at radius 1 is 1.50 bits per heavy atom. The number of halogens is 2. The summed E-state index contributed by atoms with van der Waals surface area (Å²) >= 11 is 6.96. The quantitative estimate of drug-likeness (QED) is 0.891. The van der Waals surface area contributed by atoms with E-state index in [-0.39, 0.29) is 0 Å². The SMILES string of the molecule is CC(O)c1csc(-c2ccc(Cl)cc2F)n1. The van der Waals surface area contributed by atoms with Gasteiger partial charge in [0.25, 0.3) is 0 Å². The Morgan fingerprint density at radius 3 is 2.81 bits per heavy atom. The van der Waals surface area contributed by atoms with Gasteiger partial charge in [0, 0.05) is 16.0 Å². The van der Waals surface area contributed by atoms with E-state index in [9.17, 15) is 9.50 Å². The molecule has 0 spiro atoms. The highest BCUT2D eigenvalue weighted by atomic mass is 35.5. The van der Waals surface area contributed by atoms with Crippen LogP contribution in [0, 0.1) is 5.82 Å². The summed E-state index contributed by atoms with van der Waals surface area (Å²) in [6.45, 7) is 1.62. The molecule has 5 heteroatoms. The molecule has 2 aromatic rings. The molecule has 0 amide bonds. The van der Waals surface area contributed by atoms with Crippen LogP contribution in [0.25, 0.3) is 10.6 Å². The summed E-state index contributed by atoms with van der Waals surface area (Å²) in [4.78, 5) is 4.16. The van der Waals surface area contributed by atoms with Crippen LogP contribution in [0.1, 0.15) is 18.7 Å². The van der Waals surface area contributed by atoms with Gasteiger partial charge >= 0.3 is 0 Å². The maximum atomic E-state index is 13.6. The largest absolute Gasteiger partial charge is 0.387 e. The summed E-state index contributed by atoms with van der Waals surface area (Å²) in [7, 11) is 0. The van der Waals surface area contributed by atoms with Crippen LogP contribution in [0.3, 0.4) is 0 Å². The number of hydrogen-bond acceptors (Lipinski definition) is 3. The van der Waals surface area contributed by atoms with Gasteiger partial charge in [-0.05, 0) is 25.1 Å². The van der Waals surface area contributed by atoms with Gasteiger partial charge in [-0.2, -0.15) is 0 Å². The predicted octanol–water partition coefficient (Wildman–Crippen LogP) is 3.66. The molecule has 16 heavy (non-hydrogen) atoms. The number of aliphatic hydroxyl groups excluding tert-OH is 1. The van der Waals surface area contributed by atoms with Gasteiger partial charge in [0.05, 0.1) is 11.8 Å². The normalized spacial score (nSPS) is 12.8. The van der Waals surface area contributed by atoms with Crippen molar-refractivity contribution in [1.29, 1.82) is 0 Å². The van der Waals surface area contributed by atoms with Crippen LogP contribution in [-0.4, -0.2) is 10.1 Å². The molecule has 0 fully saturated rings. The average molecular weight is 258 g/mol. The fourth-order valence-corrected chi connectivity index (χ4v) is 2.36. The van der Waals surface area contributed by atoms with Crippen molar-refractivity contribution in [3.05, 3.63) is 40.1 Å². The molecule has 2 nitrogen and oxygen atoms in total. The highest BCUT2D eigenvalue weighted by Crippen LogP contribution is 2.29. The Balaban J connectivity index is 2.42. The van der Waals surface area contributed by atoms with E-state index in [1.54, 1.807) is 24.4 Å². The first-order valence-electron chi connectivity index (χ1n) is 4.67. The number of hydrogen-bond donors (Lipinski definition) is 1. The van der Waals surface area contributed by atoms with E-state index in [2.05, 4.69) is 4.98 Å². The smallest absolute Gasteiger partial charge is 0.134 e. The zero-order chi connectivity index (χ0) is 11.7. The van der Waals surface area contributed by atoms with Crippen molar-refractivity contribution in [3.8, 4) is 10.6 Å². The Bertz CT molecular complexity index is 512. The van der Waals surface area contributed by atoms with E-state index in [0.717, 1.165) is 0 Å². The minimum absolute atomic E-state index is 0.355. The minimum Gasteiger partial charge on any atom is -0.387 e. The van der Waals surface area contributed by atoms with Crippen LogP contribution in [0.5, 0.6) is 0 Å². The summed E-state index contributed by atoms with van der Waals surface area (Å²) in [5.74, 6) is -0.404. The molecule has 1 atom stereocenters. The molecule has 0 aliphatic carbocycles. The third-order valence-electron chi connectivity index (χ3n) is 2.11. The van der Waals surface area contributed by atoms with Gasteiger partial charge in [0.2, 0.25) is 0 Å². The van der Waals surface area contributed by atoms with Crippen molar-refractivity contribution in [1.82, 2.24) is 4.98 Å². The topological polar surface area (TPSA) is 33.1 Å². The molecule has 1 unspecified atom stereocenters. The average Bonchev–Trinajstić information content (AvgIpc) is 2.66. The van der Waals surface area contributed by atoms with Gasteiger partial charge in [-0.25, -0.2) is 9.37 Å². The zero-order valence-electron chi connectivity index (χ0n) is 8.45. The molecule has 1 N–H and O–H groups in total. The standard InChI is InChI=1S/C11H9ClFNOS/c1-6(15)10-5-16-11(14-10)8-3-2-7(12)4-9(8)13/h2-6,15H,1H3. The van der Waals surface area contributed by atoms with E-state index < -0.39 is 11.9 Å². The monoisotopic (exact) mass is 257 g/mol. The number of rotatable bonds is 2. The zero-order valence-corrected chi connectivity index (χ0v) is 10.0. The minimum atomic E-state index is -0.639. The molecule has 1 aromatic carbocycles. The molecule has 1 aromatic heterocycles. The molecule has 0 bridgehead atoms. The Kier molecular flexibility index (Phi) is 3.23. The van der Waals surface area contributed by atoms with E-state index in [1.807, 2.05) is 0 Å². The summed E-state index contributed by atoms with van der Waals surface area (Å²) in [6.07, 6.45) is -0.639. The van der Waals surface area contributed by atoms with E-state index in [4.69, 9.17) is 11.6 Å². The van der Waals surface area contributed by atoms with Gasteiger partial charge in [-0.3, -0.25) is 0 Å². The summed E-state index contributed by atoms with van der Waals surface area (Å²) in [5, 5.41) is 11.9. The Morgan fingerprint density at radius 2 is 2.25 bits per heavy atom. The van der Waals surface area contributed by atoms with Crippen LogP contribution in [0.4, 0.5) is 4.39 Å². The molecule has 0 saturated carbocycles. The summed E-state index contributed by atoms with van der Waals surface area (Å²) in [5.41, 5.74) is 0.954. The first-order valence-corrected chi connectivity index (χ1v) is 5.92. The van der Waals surface area contributed by atoms with Crippen LogP contribution in [-0.2, 0) is 0 Å². The van der Waals surface area contributed by atoms with Gasteiger partial charge in [-0.1, -0.05) is 11.6 Å². The number of thiazole rings is 1. The molecule has 0 aliphatic rings. The van der Waals surface area contributed by atoms with Crippen LogP contribution in [0.15, 0.2) is 23.6 Å². The lowest BCUT2D eigenvalue weighted by Gasteiger charge is -2.00. The number of benzene rings is 1. The number of nitrogens with zero attached hydrogens (tertiary/aromatic N) is 1. The van der Waals surface area contributed by atoms with Gasteiger partial charge in [-0.15, -0.1) is 11.3 Å². The van der Waals surface area contributed by atoms with Gasteiger partial charge in [0.1, 0.15) is 10.8 Å². The van der Waals surface area contributed by atoms with Crippen molar-refractivity contribution in [2.24, 2.45) is 0 Å². The van der Waals surface area contributed by atoms with E-state index in [0.29, 0.717) is 21.3 Å². The number of aliphatic hydroxyl groups is 1. The van der Waals surface area contributed by atoms with E-state index >= 15 is 0 Å². The predicted molar refractivity (Wildman–Crippen MR) is 63.2 cm³/mol. The van der Waals surface area contributed by atoms with Crippen molar-refractivity contribution >= 4 is 22.9 Å². The second-order valence-corrected chi connectivity index (χ2v) is 4.67. The van der Waals surface area contributed by atoms with Crippen molar-refractivity contribution < 1.29 is 9.50 Å². The lowest BCUT2D eigenvalue weighted by molar-refractivity contribution is 0.195. The fraction of sp³-hybridized carbons (Fsp3) is 0.182. The van der Waals surface area contributed by atoms with Crippen LogP contribution < -0.4 is 0 Å². The third kappa shape index (κ3) is 2.24. The molecular weight excluding hydrogens is 249 g/mol. The Labute approximate surface area is 101 Å². The van der Waals surface area contributed by atoms with E-state index in [1.165, 1.54) is 17.4 Å².